The predicted octanol–water partition coefficient (Wildman–Crippen LogP) is 2.90. The molecular formula is C16H28N2O. The zero-order valence-electron chi connectivity index (χ0n) is 12.8. The van der Waals surface area contributed by atoms with Crippen LogP contribution in [0.3, 0.4) is 0 Å². The van der Waals surface area contributed by atoms with Crippen LogP contribution in [0.4, 0.5) is 5.69 Å². The van der Waals surface area contributed by atoms with Gasteiger partial charge in [-0.25, -0.2) is 0 Å². The molecule has 19 heavy (non-hydrogen) atoms. The van der Waals surface area contributed by atoms with Crippen LogP contribution in [0.25, 0.3) is 0 Å². The summed E-state index contributed by atoms with van der Waals surface area (Å²) >= 11 is 0. The summed E-state index contributed by atoms with van der Waals surface area (Å²) in [5.74, 6) is 0.698. The molecule has 0 saturated heterocycles. The minimum atomic E-state index is 0.698. The molecule has 3 nitrogen and oxygen atoms in total. The van der Waals surface area contributed by atoms with Crippen molar-refractivity contribution >= 4 is 5.69 Å². The molecule has 0 aliphatic heterocycles. The molecular weight excluding hydrogens is 236 g/mol. The fraction of sp³-hybridized carbons (Fsp3) is 0.625. The largest absolute Gasteiger partial charge is 0.380 e. The Hall–Kier alpha value is -1.06. The SMILES string of the molecule is CCOCCN(C)c1ccc(CNCC(C)C)cc1. The molecule has 1 N–H and O–H groups in total. The van der Waals surface area contributed by atoms with Crippen molar-refractivity contribution in [1.29, 1.82) is 0 Å². The minimum Gasteiger partial charge on any atom is -0.380 e. The van der Waals surface area contributed by atoms with Gasteiger partial charge in [0.05, 0.1) is 6.61 Å². The van der Waals surface area contributed by atoms with Crippen LogP contribution in [0.2, 0.25) is 0 Å². The Kier molecular flexibility index (Phi) is 7.53. The lowest BCUT2D eigenvalue weighted by Crippen LogP contribution is -2.22. The van der Waals surface area contributed by atoms with E-state index in [1.54, 1.807) is 0 Å². The van der Waals surface area contributed by atoms with Crippen LogP contribution in [-0.2, 0) is 11.3 Å². The third-order valence-electron chi connectivity index (χ3n) is 3.03. The maximum absolute atomic E-state index is 5.37. The summed E-state index contributed by atoms with van der Waals surface area (Å²) in [5.41, 5.74) is 2.58. The number of nitrogens with one attached hydrogen (secondary N) is 1. The van der Waals surface area contributed by atoms with Crippen LogP contribution in [0.5, 0.6) is 0 Å². The monoisotopic (exact) mass is 264 g/mol. The van der Waals surface area contributed by atoms with Crippen molar-refractivity contribution in [2.45, 2.75) is 27.3 Å². The first-order chi connectivity index (χ1) is 9.13. The topological polar surface area (TPSA) is 24.5 Å². The molecule has 1 aromatic carbocycles. The number of anilines is 1. The van der Waals surface area contributed by atoms with Crippen molar-refractivity contribution < 1.29 is 4.74 Å². The van der Waals surface area contributed by atoms with Gasteiger partial charge >= 0.3 is 0 Å². The number of hydrogen-bond acceptors (Lipinski definition) is 3. The first-order valence-electron chi connectivity index (χ1n) is 7.22. The summed E-state index contributed by atoms with van der Waals surface area (Å²) in [6.07, 6.45) is 0. The second kappa shape index (κ2) is 8.94. The van der Waals surface area contributed by atoms with Gasteiger partial charge in [0, 0.05) is 32.4 Å². The average Bonchev–Trinajstić information content (AvgIpc) is 2.39. The fourth-order valence-corrected chi connectivity index (χ4v) is 1.85. The summed E-state index contributed by atoms with van der Waals surface area (Å²) in [7, 11) is 2.10. The fourth-order valence-electron chi connectivity index (χ4n) is 1.85. The van der Waals surface area contributed by atoms with Crippen molar-refractivity contribution in [2.24, 2.45) is 5.92 Å². The second-order valence-electron chi connectivity index (χ2n) is 5.31. The van der Waals surface area contributed by atoms with Gasteiger partial charge in [0.25, 0.3) is 0 Å². The minimum absolute atomic E-state index is 0.698. The summed E-state index contributed by atoms with van der Waals surface area (Å²) < 4.78 is 5.37. The van der Waals surface area contributed by atoms with Gasteiger partial charge in [0.15, 0.2) is 0 Å². The second-order valence-corrected chi connectivity index (χ2v) is 5.31. The molecule has 0 aliphatic carbocycles. The third-order valence-corrected chi connectivity index (χ3v) is 3.03. The van der Waals surface area contributed by atoms with Gasteiger partial charge in [-0.1, -0.05) is 26.0 Å². The van der Waals surface area contributed by atoms with E-state index in [-0.39, 0.29) is 0 Å². The Balaban J connectivity index is 2.37. The molecule has 0 aromatic heterocycles. The normalized spacial score (nSPS) is 11.0. The predicted molar refractivity (Wildman–Crippen MR) is 82.7 cm³/mol. The maximum Gasteiger partial charge on any atom is 0.0641 e. The van der Waals surface area contributed by atoms with Crippen molar-refractivity contribution in [2.75, 3.05) is 38.3 Å². The molecule has 0 aliphatic rings. The summed E-state index contributed by atoms with van der Waals surface area (Å²) in [4.78, 5) is 2.22. The molecule has 0 fully saturated rings. The Morgan fingerprint density at radius 3 is 2.47 bits per heavy atom. The molecule has 3 heteroatoms. The molecule has 0 unspecified atom stereocenters. The summed E-state index contributed by atoms with van der Waals surface area (Å²) in [6.45, 7) is 11.0. The van der Waals surface area contributed by atoms with E-state index in [0.29, 0.717) is 5.92 Å². The Bertz CT molecular complexity index is 335. The molecule has 108 valence electrons. The van der Waals surface area contributed by atoms with Gasteiger partial charge in [0.1, 0.15) is 0 Å². The molecule has 0 radical (unpaired) electrons. The lowest BCUT2D eigenvalue weighted by molar-refractivity contribution is 0.154. The molecule has 0 amide bonds. The number of rotatable bonds is 9. The van der Waals surface area contributed by atoms with E-state index in [4.69, 9.17) is 4.74 Å². The number of ether oxygens (including phenoxy) is 1. The summed E-state index contributed by atoms with van der Waals surface area (Å²) in [5, 5.41) is 3.46. The number of nitrogens with zero attached hydrogens (tertiary/aromatic N) is 1. The zero-order chi connectivity index (χ0) is 14.1. The van der Waals surface area contributed by atoms with Crippen LogP contribution < -0.4 is 10.2 Å². The zero-order valence-corrected chi connectivity index (χ0v) is 12.8. The highest BCUT2D eigenvalue weighted by Gasteiger charge is 2.01. The molecule has 1 aromatic rings. The first kappa shape index (κ1) is 16.0. The van der Waals surface area contributed by atoms with Crippen LogP contribution in [-0.4, -0.2) is 33.4 Å². The molecule has 0 bridgehead atoms. The molecule has 0 spiro atoms. The van der Waals surface area contributed by atoms with Gasteiger partial charge in [-0.05, 0) is 37.1 Å². The van der Waals surface area contributed by atoms with Gasteiger partial charge in [-0.2, -0.15) is 0 Å². The van der Waals surface area contributed by atoms with E-state index in [2.05, 4.69) is 55.4 Å². The maximum atomic E-state index is 5.37. The van der Waals surface area contributed by atoms with Crippen LogP contribution in [0.1, 0.15) is 26.3 Å². The Labute approximate surface area is 118 Å². The quantitative estimate of drug-likeness (QED) is 0.694. The van der Waals surface area contributed by atoms with E-state index < -0.39 is 0 Å². The van der Waals surface area contributed by atoms with Gasteiger partial charge in [-0.15, -0.1) is 0 Å². The highest BCUT2D eigenvalue weighted by molar-refractivity contribution is 5.46. The lowest BCUT2D eigenvalue weighted by Gasteiger charge is -2.19. The first-order valence-corrected chi connectivity index (χ1v) is 7.22. The van der Waals surface area contributed by atoms with E-state index in [0.717, 1.165) is 32.8 Å². The van der Waals surface area contributed by atoms with Gasteiger partial charge < -0.3 is 15.0 Å². The highest BCUT2D eigenvalue weighted by atomic mass is 16.5. The van der Waals surface area contributed by atoms with E-state index in [9.17, 15) is 0 Å². The molecule has 1 rings (SSSR count). The number of likely N-dealkylation sites (N-methyl/N-ethyl adjacent to an activating group) is 1. The van der Waals surface area contributed by atoms with E-state index >= 15 is 0 Å². The third kappa shape index (κ3) is 6.60. The van der Waals surface area contributed by atoms with E-state index in [1.807, 2.05) is 6.92 Å². The Morgan fingerprint density at radius 2 is 1.89 bits per heavy atom. The standard InChI is InChI=1S/C16H28N2O/c1-5-19-11-10-18(4)16-8-6-15(7-9-16)13-17-12-14(2)3/h6-9,14,17H,5,10-13H2,1-4H3. The average molecular weight is 264 g/mol. The molecule has 0 heterocycles. The number of hydrogen-bond donors (Lipinski definition) is 1. The van der Waals surface area contributed by atoms with Crippen LogP contribution in [0, 0.1) is 5.92 Å². The van der Waals surface area contributed by atoms with Crippen molar-refractivity contribution in [3.63, 3.8) is 0 Å². The van der Waals surface area contributed by atoms with Crippen LogP contribution in [0.15, 0.2) is 24.3 Å². The molecule has 0 saturated carbocycles. The lowest BCUT2D eigenvalue weighted by atomic mass is 10.2. The van der Waals surface area contributed by atoms with Crippen molar-refractivity contribution in [1.82, 2.24) is 5.32 Å². The summed E-state index contributed by atoms with van der Waals surface area (Å²) in [6, 6.07) is 8.75. The number of benzene rings is 1. The van der Waals surface area contributed by atoms with Gasteiger partial charge in [-0.3, -0.25) is 0 Å². The Morgan fingerprint density at radius 1 is 1.21 bits per heavy atom. The van der Waals surface area contributed by atoms with Gasteiger partial charge in [0.2, 0.25) is 0 Å². The van der Waals surface area contributed by atoms with Crippen molar-refractivity contribution in [3.05, 3.63) is 29.8 Å². The van der Waals surface area contributed by atoms with Crippen molar-refractivity contribution in [3.8, 4) is 0 Å². The van der Waals surface area contributed by atoms with Crippen LogP contribution >= 0.6 is 0 Å². The molecule has 0 atom stereocenters. The smallest absolute Gasteiger partial charge is 0.0641 e. The highest BCUT2D eigenvalue weighted by Crippen LogP contribution is 2.13. The van der Waals surface area contributed by atoms with E-state index in [1.165, 1.54) is 11.3 Å².